The standard InChI is InChI=1S/C19H23N3O4/c1-13-8-9-17(26-4)15(10-13)11-21(3)12-18(23)20-19-14(2)6-5-7-16(19)22(24)25/h5-10H,11-12H2,1-4H3,(H,20,23). The molecule has 0 atom stereocenters. The third-order valence-corrected chi connectivity index (χ3v) is 4.00. The van der Waals surface area contributed by atoms with Gasteiger partial charge in [-0.3, -0.25) is 19.8 Å². The van der Waals surface area contributed by atoms with Crippen LogP contribution >= 0.6 is 0 Å². The van der Waals surface area contributed by atoms with Gasteiger partial charge in [-0.15, -0.1) is 0 Å². The first-order valence-corrected chi connectivity index (χ1v) is 8.17. The average molecular weight is 357 g/mol. The molecule has 0 fully saturated rings. The maximum Gasteiger partial charge on any atom is 0.293 e. The van der Waals surface area contributed by atoms with E-state index in [9.17, 15) is 14.9 Å². The quantitative estimate of drug-likeness (QED) is 0.607. The number of aryl methyl sites for hydroxylation is 2. The molecule has 0 spiro atoms. The molecule has 0 saturated carbocycles. The Hall–Kier alpha value is -2.93. The molecule has 1 N–H and O–H groups in total. The van der Waals surface area contributed by atoms with Gasteiger partial charge in [0.1, 0.15) is 11.4 Å². The van der Waals surface area contributed by atoms with Gasteiger partial charge in [0.05, 0.1) is 18.6 Å². The van der Waals surface area contributed by atoms with Gasteiger partial charge in [-0.25, -0.2) is 0 Å². The summed E-state index contributed by atoms with van der Waals surface area (Å²) < 4.78 is 5.36. The van der Waals surface area contributed by atoms with Gasteiger partial charge in [0, 0.05) is 18.2 Å². The highest BCUT2D eigenvalue weighted by Crippen LogP contribution is 2.27. The summed E-state index contributed by atoms with van der Waals surface area (Å²) in [5, 5.41) is 13.8. The minimum atomic E-state index is -0.496. The Morgan fingerprint density at radius 1 is 1.27 bits per heavy atom. The predicted molar refractivity (Wildman–Crippen MR) is 101 cm³/mol. The summed E-state index contributed by atoms with van der Waals surface area (Å²) in [6, 6.07) is 10.6. The maximum absolute atomic E-state index is 12.4. The molecule has 0 aromatic heterocycles. The Bertz CT molecular complexity index is 820. The van der Waals surface area contributed by atoms with Gasteiger partial charge in [0.25, 0.3) is 5.69 Å². The molecule has 0 aliphatic heterocycles. The van der Waals surface area contributed by atoms with Crippen LogP contribution in [0.5, 0.6) is 5.75 Å². The first-order valence-electron chi connectivity index (χ1n) is 8.17. The number of benzene rings is 2. The molecule has 0 aliphatic carbocycles. The number of likely N-dealkylation sites (N-methyl/N-ethyl adjacent to an activating group) is 1. The van der Waals surface area contributed by atoms with E-state index in [1.165, 1.54) is 6.07 Å². The highest BCUT2D eigenvalue weighted by atomic mass is 16.6. The number of hydrogen-bond acceptors (Lipinski definition) is 5. The number of nitrogens with zero attached hydrogens (tertiary/aromatic N) is 2. The Labute approximate surface area is 152 Å². The minimum absolute atomic E-state index is 0.0998. The summed E-state index contributed by atoms with van der Waals surface area (Å²) in [5.41, 5.74) is 2.86. The number of nitrogens with one attached hydrogen (secondary N) is 1. The van der Waals surface area contributed by atoms with Crippen LogP contribution in [0, 0.1) is 24.0 Å². The Kier molecular flexibility index (Phi) is 6.30. The molecule has 7 nitrogen and oxygen atoms in total. The van der Waals surface area contributed by atoms with Crippen molar-refractivity contribution in [2.24, 2.45) is 0 Å². The van der Waals surface area contributed by atoms with Gasteiger partial charge in [0.2, 0.25) is 5.91 Å². The first kappa shape index (κ1) is 19.4. The fourth-order valence-corrected chi connectivity index (χ4v) is 2.77. The van der Waals surface area contributed by atoms with Crippen LogP contribution in [0.2, 0.25) is 0 Å². The number of rotatable bonds is 7. The normalized spacial score (nSPS) is 10.7. The van der Waals surface area contributed by atoms with E-state index in [0.717, 1.165) is 16.9 Å². The fourth-order valence-electron chi connectivity index (χ4n) is 2.77. The van der Waals surface area contributed by atoms with Gasteiger partial charge >= 0.3 is 0 Å². The second-order valence-corrected chi connectivity index (χ2v) is 6.26. The van der Waals surface area contributed by atoms with Crippen molar-refractivity contribution in [2.45, 2.75) is 20.4 Å². The number of hydrogen-bond donors (Lipinski definition) is 1. The Morgan fingerprint density at radius 3 is 2.65 bits per heavy atom. The Morgan fingerprint density at radius 2 is 2.00 bits per heavy atom. The summed E-state index contributed by atoms with van der Waals surface area (Å²) in [6.07, 6.45) is 0. The molecular weight excluding hydrogens is 334 g/mol. The number of nitro groups is 1. The van der Waals surface area contributed by atoms with Crippen molar-refractivity contribution in [3.05, 3.63) is 63.2 Å². The third-order valence-electron chi connectivity index (χ3n) is 4.00. The van der Waals surface area contributed by atoms with Crippen LogP contribution in [0.4, 0.5) is 11.4 Å². The van der Waals surface area contributed by atoms with Crippen molar-refractivity contribution in [1.82, 2.24) is 4.90 Å². The van der Waals surface area contributed by atoms with Crippen LogP contribution in [-0.4, -0.2) is 36.4 Å². The lowest BCUT2D eigenvalue weighted by Gasteiger charge is -2.19. The van der Waals surface area contributed by atoms with E-state index in [1.54, 1.807) is 26.2 Å². The largest absolute Gasteiger partial charge is 0.496 e. The molecule has 0 heterocycles. The number of methoxy groups -OCH3 is 1. The molecule has 0 radical (unpaired) electrons. The molecule has 2 aromatic rings. The molecule has 0 aliphatic rings. The molecule has 138 valence electrons. The van der Waals surface area contributed by atoms with E-state index in [2.05, 4.69) is 5.32 Å². The highest BCUT2D eigenvalue weighted by molar-refractivity contribution is 5.95. The van der Waals surface area contributed by atoms with Gasteiger partial charge in [-0.1, -0.05) is 29.8 Å². The summed E-state index contributed by atoms with van der Waals surface area (Å²) in [5.74, 6) is 0.453. The monoisotopic (exact) mass is 357 g/mol. The first-order chi connectivity index (χ1) is 12.3. The number of ether oxygens (including phenoxy) is 1. The lowest BCUT2D eigenvalue weighted by Crippen LogP contribution is -2.30. The summed E-state index contributed by atoms with van der Waals surface area (Å²) >= 11 is 0. The summed E-state index contributed by atoms with van der Waals surface area (Å²) in [6.45, 7) is 4.34. The zero-order valence-electron chi connectivity index (χ0n) is 15.4. The van der Waals surface area contributed by atoms with Crippen LogP contribution in [0.25, 0.3) is 0 Å². The SMILES string of the molecule is COc1ccc(C)cc1CN(C)CC(=O)Nc1c(C)cccc1[N+](=O)[O-]. The number of carbonyl (C=O) groups is 1. The van der Waals surface area contributed by atoms with Crippen LogP contribution in [-0.2, 0) is 11.3 Å². The predicted octanol–water partition coefficient (Wildman–Crippen LogP) is 3.29. The lowest BCUT2D eigenvalue weighted by molar-refractivity contribution is -0.384. The van der Waals surface area contributed by atoms with Crippen molar-refractivity contribution < 1.29 is 14.5 Å². The van der Waals surface area contributed by atoms with Gasteiger partial charge < -0.3 is 10.1 Å². The topological polar surface area (TPSA) is 84.7 Å². The van der Waals surface area contributed by atoms with Crippen LogP contribution in [0.15, 0.2) is 36.4 Å². The molecule has 0 saturated heterocycles. The molecule has 7 heteroatoms. The molecular formula is C19H23N3O4. The zero-order valence-corrected chi connectivity index (χ0v) is 15.4. The third kappa shape index (κ3) is 4.80. The summed E-state index contributed by atoms with van der Waals surface area (Å²) in [4.78, 5) is 24.8. The fraction of sp³-hybridized carbons (Fsp3) is 0.316. The van der Waals surface area contributed by atoms with Crippen molar-refractivity contribution in [1.29, 1.82) is 0 Å². The molecule has 2 rings (SSSR count). The smallest absolute Gasteiger partial charge is 0.293 e. The van der Waals surface area contributed by atoms with Crippen LogP contribution in [0.1, 0.15) is 16.7 Å². The van der Waals surface area contributed by atoms with E-state index in [4.69, 9.17) is 4.74 Å². The number of nitro benzene ring substituents is 1. The molecule has 0 unspecified atom stereocenters. The minimum Gasteiger partial charge on any atom is -0.496 e. The van der Waals surface area contributed by atoms with Crippen molar-refractivity contribution in [3.63, 3.8) is 0 Å². The molecule has 2 aromatic carbocycles. The molecule has 1 amide bonds. The van der Waals surface area contributed by atoms with E-state index < -0.39 is 4.92 Å². The summed E-state index contributed by atoms with van der Waals surface area (Å²) in [7, 11) is 3.42. The average Bonchev–Trinajstić information content (AvgIpc) is 2.56. The van der Waals surface area contributed by atoms with Gasteiger partial charge in [-0.2, -0.15) is 0 Å². The highest BCUT2D eigenvalue weighted by Gasteiger charge is 2.18. The van der Waals surface area contributed by atoms with E-state index in [-0.39, 0.29) is 23.8 Å². The van der Waals surface area contributed by atoms with Crippen molar-refractivity contribution in [2.75, 3.05) is 26.0 Å². The molecule has 0 bridgehead atoms. The number of carbonyl (C=O) groups excluding carboxylic acids is 1. The molecule has 26 heavy (non-hydrogen) atoms. The lowest BCUT2D eigenvalue weighted by atomic mass is 10.1. The van der Waals surface area contributed by atoms with Gasteiger partial charge in [-0.05, 0) is 32.5 Å². The van der Waals surface area contributed by atoms with E-state index >= 15 is 0 Å². The van der Waals surface area contributed by atoms with E-state index in [1.807, 2.05) is 37.1 Å². The van der Waals surface area contributed by atoms with Gasteiger partial charge in [0.15, 0.2) is 0 Å². The van der Waals surface area contributed by atoms with Crippen LogP contribution in [0.3, 0.4) is 0 Å². The van der Waals surface area contributed by atoms with E-state index in [0.29, 0.717) is 12.1 Å². The van der Waals surface area contributed by atoms with Crippen molar-refractivity contribution in [3.8, 4) is 5.75 Å². The van der Waals surface area contributed by atoms with Crippen molar-refractivity contribution >= 4 is 17.3 Å². The Balaban J connectivity index is 2.07. The zero-order chi connectivity index (χ0) is 19.3. The van der Waals surface area contributed by atoms with Crippen LogP contribution < -0.4 is 10.1 Å². The maximum atomic E-state index is 12.4. The second-order valence-electron chi connectivity index (χ2n) is 6.26. The number of anilines is 1. The number of para-hydroxylation sites is 1. The second kappa shape index (κ2) is 8.44. The number of amides is 1.